The number of hydrogen-bond acceptors (Lipinski definition) is 4. The van der Waals surface area contributed by atoms with E-state index in [0.717, 1.165) is 4.90 Å². The summed E-state index contributed by atoms with van der Waals surface area (Å²) in [4.78, 5) is 36.1. The fraction of sp³-hybridized carbons (Fsp3) is 0.167. The Bertz CT molecular complexity index is 884. The standard InChI is InChI=1S/C18H15FN2O5/c19-12-3-1-2-11(8-12)10-26-13-4-5-14-15(9-13)17(23)21(16(14)22)7-6-20-18(24)25/h1-5,8-9,20H,6-7,10H2,(H,24,25). The molecule has 8 heteroatoms. The van der Waals surface area contributed by atoms with Gasteiger partial charge in [0, 0.05) is 13.1 Å². The number of rotatable bonds is 6. The third-order valence-corrected chi connectivity index (χ3v) is 3.85. The molecule has 0 saturated heterocycles. The van der Waals surface area contributed by atoms with Gasteiger partial charge in [-0.05, 0) is 35.9 Å². The monoisotopic (exact) mass is 358 g/mol. The normalized spacial score (nSPS) is 12.9. The summed E-state index contributed by atoms with van der Waals surface area (Å²) >= 11 is 0. The summed E-state index contributed by atoms with van der Waals surface area (Å²) in [5, 5.41) is 10.7. The molecule has 2 aromatic carbocycles. The van der Waals surface area contributed by atoms with Crippen LogP contribution >= 0.6 is 0 Å². The SMILES string of the molecule is O=C(O)NCCN1C(=O)c2ccc(OCc3cccc(F)c3)cc2C1=O. The fourth-order valence-electron chi connectivity index (χ4n) is 2.63. The van der Waals surface area contributed by atoms with Crippen LogP contribution in [0.5, 0.6) is 5.75 Å². The predicted octanol–water partition coefficient (Wildman–Crippen LogP) is 2.27. The zero-order chi connectivity index (χ0) is 18.7. The third-order valence-electron chi connectivity index (χ3n) is 3.85. The first kappa shape index (κ1) is 17.4. The fourth-order valence-corrected chi connectivity index (χ4v) is 2.63. The van der Waals surface area contributed by atoms with Gasteiger partial charge in [0.05, 0.1) is 11.1 Å². The molecule has 134 valence electrons. The highest BCUT2D eigenvalue weighted by atomic mass is 19.1. The molecule has 0 unspecified atom stereocenters. The number of nitrogens with one attached hydrogen (secondary N) is 1. The summed E-state index contributed by atoms with van der Waals surface area (Å²) < 4.78 is 18.7. The van der Waals surface area contributed by atoms with E-state index in [9.17, 15) is 18.8 Å². The lowest BCUT2D eigenvalue weighted by Gasteiger charge is -2.13. The molecule has 3 rings (SSSR count). The van der Waals surface area contributed by atoms with Crippen molar-refractivity contribution >= 4 is 17.9 Å². The van der Waals surface area contributed by atoms with Gasteiger partial charge in [-0.15, -0.1) is 0 Å². The number of amides is 3. The summed E-state index contributed by atoms with van der Waals surface area (Å²) in [6, 6.07) is 10.5. The number of carbonyl (C=O) groups excluding carboxylic acids is 2. The zero-order valence-corrected chi connectivity index (χ0v) is 13.6. The first-order chi connectivity index (χ1) is 12.5. The van der Waals surface area contributed by atoms with Gasteiger partial charge in [0.15, 0.2) is 0 Å². The van der Waals surface area contributed by atoms with Gasteiger partial charge in [0.1, 0.15) is 18.2 Å². The van der Waals surface area contributed by atoms with Gasteiger partial charge in [0.25, 0.3) is 11.8 Å². The van der Waals surface area contributed by atoms with Gasteiger partial charge in [-0.1, -0.05) is 12.1 Å². The Morgan fingerprint density at radius 3 is 2.62 bits per heavy atom. The van der Waals surface area contributed by atoms with E-state index in [1.165, 1.54) is 24.3 Å². The van der Waals surface area contributed by atoms with Crippen LogP contribution in [0.15, 0.2) is 42.5 Å². The van der Waals surface area contributed by atoms with E-state index in [1.807, 2.05) is 0 Å². The van der Waals surface area contributed by atoms with Crippen LogP contribution in [0, 0.1) is 5.82 Å². The second kappa shape index (κ2) is 7.22. The zero-order valence-electron chi connectivity index (χ0n) is 13.6. The minimum Gasteiger partial charge on any atom is -0.489 e. The van der Waals surface area contributed by atoms with Gasteiger partial charge in [0.2, 0.25) is 0 Å². The first-order valence-corrected chi connectivity index (χ1v) is 7.80. The molecule has 0 spiro atoms. The summed E-state index contributed by atoms with van der Waals surface area (Å²) in [5.41, 5.74) is 1.07. The van der Waals surface area contributed by atoms with Crippen molar-refractivity contribution in [2.45, 2.75) is 6.61 Å². The molecule has 26 heavy (non-hydrogen) atoms. The number of nitrogens with zero attached hydrogens (tertiary/aromatic N) is 1. The van der Waals surface area contributed by atoms with Crippen molar-refractivity contribution in [2.75, 3.05) is 13.1 Å². The number of benzene rings is 2. The highest BCUT2D eigenvalue weighted by Gasteiger charge is 2.35. The Labute approximate surface area is 148 Å². The van der Waals surface area contributed by atoms with Crippen molar-refractivity contribution in [3.05, 3.63) is 65.0 Å². The lowest BCUT2D eigenvalue weighted by Crippen LogP contribution is -2.37. The molecule has 0 saturated carbocycles. The van der Waals surface area contributed by atoms with E-state index in [4.69, 9.17) is 9.84 Å². The number of ether oxygens (including phenoxy) is 1. The number of fused-ring (bicyclic) bond motifs is 1. The molecule has 0 aromatic heterocycles. The van der Waals surface area contributed by atoms with Crippen LogP contribution in [-0.2, 0) is 6.61 Å². The van der Waals surface area contributed by atoms with E-state index < -0.39 is 17.9 Å². The van der Waals surface area contributed by atoms with Gasteiger partial charge < -0.3 is 15.2 Å². The average molecular weight is 358 g/mol. The van der Waals surface area contributed by atoms with Crippen LogP contribution in [0.3, 0.4) is 0 Å². The van der Waals surface area contributed by atoms with Crippen LogP contribution in [-0.4, -0.2) is 41.0 Å². The van der Waals surface area contributed by atoms with E-state index in [0.29, 0.717) is 11.3 Å². The van der Waals surface area contributed by atoms with Crippen LogP contribution in [0.25, 0.3) is 0 Å². The van der Waals surface area contributed by atoms with Gasteiger partial charge in [-0.25, -0.2) is 9.18 Å². The Balaban J connectivity index is 1.69. The molecule has 0 radical (unpaired) electrons. The molecular formula is C18H15FN2O5. The van der Waals surface area contributed by atoms with Gasteiger partial charge in [-0.3, -0.25) is 14.5 Å². The van der Waals surface area contributed by atoms with Crippen LogP contribution in [0.2, 0.25) is 0 Å². The van der Waals surface area contributed by atoms with E-state index in [2.05, 4.69) is 5.32 Å². The minimum absolute atomic E-state index is 0.0519. The van der Waals surface area contributed by atoms with E-state index in [1.54, 1.807) is 18.2 Å². The van der Waals surface area contributed by atoms with Crippen molar-refractivity contribution in [3.8, 4) is 5.75 Å². The highest BCUT2D eigenvalue weighted by Crippen LogP contribution is 2.27. The lowest BCUT2D eigenvalue weighted by atomic mass is 10.1. The average Bonchev–Trinajstić information content (AvgIpc) is 2.84. The molecule has 1 aliphatic heterocycles. The molecule has 2 aromatic rings. The maximum absolute atomic E-state index is 13.2. The predicted molar refractivity (Wildman–Crippen MR) is 88.6 cm³/mol. The first-order valence-electron chi connectivity index (χ1n) is 7.80. The molecule has 1 aliphatic rings. The number of carboxylic acid groups (broad SMARTS) is 1. The lowest BCUT2D eigenvalue weighted by molar-refractivity contribution is 0.0654. The molecular weight excluding hydrogens is 343 g/mol. The summed E-state index contributed by atoms with van der Waals surface area (Å²) in [7, 11) is 0. The molecule has 0 atom stereocenters. The summed E-state index contributed by atoms with van der Waals surface area (Å²) in [6.07, 6.45) is -1.23. The van der Waals surface area contributed by atoms with Crippen molar-refractivity contribution in [1.29, 1.82) is 0 Å². The van der Waals surface area contributed by atoms with Crippen molar-refractivity contribution in [2.24, 2.45) is 0 Å². The number of halogens is 1. The molecule has 3 amide bonds. The van der Waals surface area contributed by atoms with Gasteiger partial charge in [-0.2, -0.15) is 0 Å². The van der Waals surface area contributed by atoms with Crippen molar-refractivity contribution in [1.82, 2.24) is 10.2 Å². The van der Waals surface area contributed by atoms with Crippen molar-refractivity contribution in [3.63, 3.8) is 0 Å². The maximum Gasteiger partial charge on any atom is 0.404 e. The summed E-state index contributed by atoms with van der Waals surface area (Å²) in [5.74, 6) is -0.978. The molecule has 1 heterocycles. The maximum atomic E-state index is 13.2. The third kappa shape index (κ3) is 3.64. The van der Waals surface area contributed by atoms with Crippen LogP contribution < -0.4 is 10.1 Å². The Morgan fingerprint density at radius 1 is 1.12 bits per heavy atom. The topological polar surface area (TPSA) is 95.9 Å². The molecule has 0 aliphatic carbocycles. The Kier molecular flexibility index (Phi) is 4.83. The highest BCUT2D eigenvalue weighted by molar-refractivity contribution is 6.21. The molecule has 0 fully saturated rings. The molecule has 2 N–H and O–H groups in total. The minimum atomic E-state index is -1.23. The number of carbonyl (C=O) groups is 3. The van der Waals surface area contributed by atoms with E-state index >= 15 is 0 Å². The van der Waals surface area contributed by atoms with Crippen LogP contribution in [0.4, 0.5) is 9.18 Å². The molecule has 7 nitrogen and oxygen atoms in total. The molecule has 0 bridgehead atoms. The number of hydrogen-bond donors (Lipinski definition) is 2. The van der Waals surface area contributed by atoms with Crippen molar-refractivity contribution < 1.29 is 28.6 Å². The Morgan fingerprint density at radius 2 is 1.88 bits per heavy atom. The Hall–Kier alpha value is -3.42. The quantitative estimate of drug-likeness (QED) is 0.773. The van der Waals surface area contributed by atoms with Crippen LogP contribution in [0.1, 0.15) is 26.3 Å². The van der Waals surface area contributed by atoms with Gasteiger partial charge >= 0.3 is 6.09 Å². The second-order valence-electron chi connectivity index (χ2n) is 5.62. The number of imide groups is 1. The second-order valence-corrected chi connectivity index (χ2v) is 5.62. The summed E-state index contributed by atoms with van der Waals surface area (Å²) in [6.45, 7) is 0.00674. The van der Waals surface area contributed by atoms with E-state index in [-0.39, 0.29) is 36.6 Å². The smallest absolute Gasteiger partial charge is 0.404 e. The largest absolute Gasteiger partial charge is 0.489 e.